The molecule has 0 bridgehead atoms. The van der Waals surface area contributed by atoms with Gasteiger partial charge in [0, 0.05) is 50.0 Å². The van der Waals surface area contributed by atoms with Crippen molar-refractivity contribution in [2.75, 3.05) is 39.3 Å². The van der Waals surface area contributed by atoms with Crippen molar-refractivity contribution < 1.29 is 4.79 Å². The summed E-state index contributed by atoms with van der Waals surface area (Å²) < 4.78 is 4.51. The fraction of sp³-hybridized carbons (Fsp3) is 0.690. The van der Waals surface area contributed by atoms with Crippen molar-refractivity contribution in [3.8, 4) is 0 Å². The first-order valence-electron chi connectivity index (χ1n) is 13.5. The third-order valence-electron chi connectivity index (χ3n) is 8.85. The third kappa shape index (κ3) is 5.21. The zero-order chi connectivity index (χ0) is 24.4. The molecule has 4 rings (SSSR count). The van der Waals surface area contributed by atoms with Gasteiger partial charge in [-0.15, -0.1) is 0 Å². The molecule has 0 amide bonds. The predicted molar refractivity (Wildman–Crippen MR) is 141 cm³/mol. The number of carbonyl (C=O) groups excluding carboxylic acids is 1. The van der Waals surface area contributed by atoms with E-state index in [-0.39, 0.29) is 11.8 Å². The number of hydrogen-bond acceptors (Lipinski definition) is 3. The molecule has 0 saturated carbocycles. The van der Waals surface area contributed by atoms with Gasteiger partial charge < -0.3 is 18.9 Å². The van der Waals surface area contributed by atoms with Crippen molar-refractivity contribution in [2.24, 2.45) is 14.1 Å². The number of ketones is 1. The zero-order valence-corrected chi connectivity index (χ0v) is 22.5. The fourth-order valence-electron chi connectivity index (χ4n) is 6.20. The summed E-state index contributed by atoms with van der Waals surface area (Å²) in [6.45, 7) is 14.9. The minimum Gasteiger partial charge on any atom is -0.352 e. The van der Waals surface area contributed by atoms with Gasteiger partial charge in [0.25, 0.3) is 0 Å². The van der Waals surface area contributed by atoms with Crippen LogP contribution in [-0.2, 0) is 18.9 Å². The molecular formula is C29H46N4O. The second-order valence-corrected chi connectivity index (χ2v) is 11.0. The average Bonchev–Trinajstić information content (AvgIpc) is 3.26. The van der Waals surface area contributed by atoms with Crippen LogP contribution >= 0.6 is 0 Å². The topological polar surface area (TPSA) is 33.4 Å². The van der Waals surface area contributed by atoms with E-state index in [4.69, 9.17) is 0 Å². The highest BCUT2D eigenvalue weighted by Crippen LogP contribution is 2.34. The Labute approximate surface area is 207 Å². The van der Waals surface area contributed by atoms with Crippen LogP contribution in [0.15, 0.2) is 12.1 Å². The molecule has 34 heavy (non-hydrogen) atoms. The lowest BCUT2D eigenvalue weighted by Crippen LogP contribution is -2.41. The van der Waals surface area contributed by atoms with Crippen molar-refractivity contribution >= 4 is 5.78 Å². The number of piperidine rings is 2. The van der Waals surface area contributed by atoms with Crippen LogP contribution in [0.4, 0.5) is 0 Å². The maximum Gasteiger partial charge on any atom is 0.150 e. The minimum atomic E-state index is -0.0762. The van der Waals surface area contributed by atoms with E-state index in [9.17, 15) is 4.79 Å². The summed E-state index contributed by atoms with van der Waals surface area (Å²) in [5.74, 6) is 0.263. The monoisotopic (exact) mass is 466 g/mol. The predicted octanol–water partition coefficient (Wildman–Crippen LogP) is 5.01. The number of nitrogens with zero attached hydrogens (tertiary/aromatic N) is 4. The Bertz CT molecular complexity index is 910. The molecule has 5 nitrogen and oxygen atoms in total. The average molecular weight is 467 g/mol. The molecule has 188 valence electrons. The summed E-state index contributed by atoms with van der Waals surface area (Å²) in [7, 11) is 4.26. The standard InChI is InChI=1S/C29H46N4O/c1-21-17-25(23(3)30(21)5)27(19-32-13-9-7-10-14-32)29(34)28(20-33-15-11-8-12-16-33)26-18-22(2)31(6)24(26)4/h17-18,27-28H,7-16,19-20H2,1-6H3. The van der Waals surface area contributed by atoms with Gasteiger partial charge in [0.15, 0.2) is 0 Å². The summed E-state index contributed by atoms with van der Waals surface area (Å²) in [4.78, 5) is 19.8. The summed E-state index contributed by atoms with van der Waals surface area (Å²) in [6.07, 6.45) is 7.64. The number of likely N-dealkylation sites (tertiary alicyclic amines) is 2. The molecule has 0 N–H and O–H groups in total. The lowest BCUT2D eigenvalue weighted by Gasteiger charge is -2.34. The van der Waals surface area contributed by atoms with Crippen LogP contribution in [0.3, 0.4) is 0 Å². The van der Waals surface area contributed by atoms with Gasteiger partial charge in [-0.1, -0.05) is 12.8 Å². The van der Waals surface area contributed by atoms with E-state index in [2.05, 4.69) is 72.9 Å². The number of hydrogen-bond donors (Lipinski definition) is 0. The molecule has 2 unspecified atom stereocenters. The molecule has 2 saturated heterocycles. The maximum atomic E-state index is 14.7. The summed E-state index contributed by atoms with van der Waals surface area (Å²) >= 11 is 0. The van der Waals surface area contributed by atoms with Gasteiger partial charge in [-0.25, -0.2) is 0 Å². The van der Waals surface area contributed by atoms with E-state index in [1.807, 2.05) is 0 Å². The molecule has 0 aliphatic carbocycles. The first-order valence-corrected chi connectivity index (χ1v) is 13.5. The smallest absolute Gasteiger partial charge is 0.150 e. The number of aromatic nitrogens is 2. The van der Waals surface area contributed by atoms with Gasteiger partial charge in [-0.3, -0.25) is 4.79 Å². The first kappa shape index (κ1) is 25.2. The van der Waals surface area contributed by atoms with Gasteiger partial charge >= 0.3 is 0 Å². The van der Waals surface area contributed by atoms with Crippen LogP contribution in [0.5, 0.6) is 0 Å². The van der Waals surface area contributed by atoms with Crippen molar-refractivity contribution in [2.45, 2.75) is 78.1 Å². The van der Waals surface area contributed by atoms with Gasteiger partial charge in [0.05, 0.1) is 11.8 Å². The van der Waals surface area contributed by atoms with Crippen molar-refractivity contribution in [1.29, 1.82) is 0 Å². The third-order valence-corrected chi connectivity index (χ3v) is 8.85. The normalized spacial score (nSPS) is 19.9. The molecule has 0 radical (unpaired) electrons. The van der Waals surface area contributed by atoms with Crippen molar-refractivity contribution in [3.05, 3.63) is 46.0 Å². The Morgan fingerprint density at radius 2 is 1.03 bits per heavy atom. The molecule has 5 heteroatoms. The van der Waals surface area contributed by atoms with E-state index in [0.29, 0.717) is 5.78 Å². The van der Waals surface area contributed by atoms with Crippen LogP contribution in [0.1, 0.15) is 84.3 Å². The SMILES string of the molecule is Cc1cc(C(CN2CCCCC2)C(=O)C(CN2CCCCC2)c2cc(C)n(C)c2C)c(C)n1C. The summed E-state index contributed by atoms with van der Waals surface area (Å²) in [5, 5.41) is 0. The number of aryl methyl sites for hydroxylation is 2. The number of carbonyl (C=O) groups is 1. The first-order chi connectivity index (χ1) is 16.3. The number of rotatable bonds is 8. The Morgan fingerprint density at radius 1 is 0.676 bits per heavy atom. The molecule has 2 fully saturated rings. The van der Waals surface area contributed by atoms with Crippen molar-refractivity contribution in [1.82, 2.24) is 18.9 Å². The fourth-order valence-corrected chi connectivity index (χ4v) is 6.20. The molecule has 2 aromatic rings. The highest BCUT2D eigenvalue weighted by atomic mass is 16.1. The lowest BCUT2D eigenvalue weighted by atomic mass is 9.82. The van der Waals surface area contributed by atoms with Crippen LogP contribution in [0, 0.1) is 27.7 Å². The second-order valence-electron chi connectivity index (χ2n) is 11.0. The van der Waals surface area contributed by atoms with Crippen LogP contribution in [-0.4, -0.2) is 64.0 Å². The van der Waals surface area contributed by atoms with E-state index in [1.54, 1.807) is 0 Å². The summed E-state index contributed by atoms with van der Waals surface area (Å²) in [5.41, 5.74) is 7.44. The van der Waals surface area contributed by atoms with E-state index >= 15 is 0 Å². The quantitative estimate of drug-likeness (QED) is 0.549. The molecule has 0 aromatic carbocycles. The molecule has 2 aliphatic rings. The van der Waals surface area contributed by atoms with E-state index < -0.39 is 0 Å². The number of Topliss-reactive ketones (excluding diaryl/α,β-unsaturated/α-hetero) is 1. The minimum absolute atomic E-state index is 0.0762. The van der Waals surface area contributed by atoms with Gasteiger partial charge in [-0.2, -0.15) is 0 Å². The highest BCUT2D eigenvalue weighted by Gasteiger charge is 2.35. The van der Waals surface area contributed by atoms with Crippen LogP contribution in [0.2, 0.25) is 0 Å². The van der Waals surface area contributed by atoms with Crippen molar-refractivity contribution in [3.63, 3.8) is 0 Å². The molecule has 2 aliphatic heterocycles. The molecule has 4 heterocycles. The largest absolute Gasteiger partial charge is 0.352 e. The Hall–Kier alpha value is -1.85. The molecule has 2 atom stereocenters. The Kier molecular flexibility index (Phi) is 8.04. The van der Waals surface area contributed by atoms with Gasteiger partial charge in [0.1, 0.15) is 5.78 Å². The van der Waals surface area contributed by atoms with Crippen LogP contribution < -0.4 is 0 Å². The van der Waals surface area contributed by atoms with Gasteiger partial charge in [0.2, 0.25) is 0 Å². The van der Waals surface area contributed by atoms with Gasteiger partial charge in [-0.05, 0) is 103 Å². The zero-order valence-electron chi connectivity index (χ0n) is 22.5. The van der Waals surface area contributed by atoms with E-state index in [1.165, 1.54) is 72.4 Å². The highest BCUT2D eigenvalue weighted by molar-refractivity contribution is 5.93. The van der Waals surface area contributed by atoms with Crippen LogP contribution in [0.25, 0.3) is 0 Å². The summed E-state index contributed by atoms with van der Waals surface area (Å²) in [6, 6.07) is 4.56. The lowest BCUT2D eigenvalue weighted by molar-refractivity contribution is -0.123. The Balaban J connectivity index is 1.72. The second kappa shape index (κ2) is 10.8. The molecular weight excluding hydrogens is 420 g/mol. The maximum absolute atomic E-state index is 14.7. The van der Waals surface area contributed by atoms with E-state index in [0.717, 1.165) is 39.3 Å². The molecule has 2 aromatic heterocycles. The molecule has 0 spiro atoms. The Morgan fingerprint density at radius 3 is 1.32 bits per heavy atom.